The molecule has 0 radical (unpaired) electrons. The number of hydrogen-bond acceptors (Lipinski definition) is 10. The minimum absolute atomic E-state index is 0.192. The van der Waals surface area contributed by atoms with Crippen LogP contribution in [0.25, 0.3) is 5.57 Å². The van der Waals surface area contributed by atoms with Gasteiger partial charge in [-0.25, -0.2) is 19.0 Å². The summed E-state index contributed by atoms with van der Waals surface area (Å²) in [5.41, 5.74) is 4.28. The summed E-state index contributed by atoms with van der Waals surface area (Å²) in [7, 11) is 0. The lowest BCUT2D eigenvalue weighted by Gasteiger charge is -2.35. The first-order chi connectivity index (χ1) is 28.1. The quantitative estimate of drug-likeness (QED) is 0.0855. The van der Waals surface area contributed by atoms with Crippen molar-refractivity contribution < 1.29 is 42.5 Å². The van der Waals surface area contributed by atoms with Gasteiger partial charge < -0.3 is 28.6 Å². The van der Waals surface area contributed by atoms with Crippen molar-refractivity contribution >= 4 is 46.6 Å². The molecule has 2 aliphatic rings. The van der Waals surface area contributed by atoms with Crippen molar-refractivity contribution in [2.75, 3.05) is 39.4 Å². The number of cyclic esters (lactones) is 2. The molecule has 0 aliphatic carbocycles. The lowest BCUT2D eigenvalue weighted by molar-refractivity contribution is -0.164. The maximum atomic E-state index is 14.0. The molecule has 0 spiro atoms. The van der Waals surface area contributed by atoms with Crippen LogP contribution in [0, 0.1) is 12.7 Å². The molecule has 0 unspecified atom stereocenters. The standard InChI is InChI=1S/C44H38Cl2FN3O8/c1-28-22-32(23-38(46)40(28)57-39-15-14-35(24-48-39)55-26-31-4-2-3-5-37(31)45)36-27-56-43(52)44(53)58-41(36)42(51)50-19-17-49(18-20-50)25-30-8-6-29(7-9-30)16-21-54-34-12-10-33(47)11-13-34/h2-15,22-24H,16-21,25-27H2,1H3. The Balaban J connectivity index is 0.973. The number of carbonyl (C=O) groups excluding carboxylic acids is 3. The van der Waals surface area contributed by atoms with Gasteiger partial charge in [0.2, 0.25) is 11.6 Å². The highest BCUT2D eigenvalue weighted by Gasteiger charge is 2.35. The molecule has 5 aromatic rings. The molecule has 0 saturated carbocycles. The largest absolute Gasteiger partial charge is 0.493 e. The summed E-state index contributed by atoms with van der Waals surface area (Å²) in [6.07, 6.45) is 2.23. The maximum Gasteiger partial charge on any atom is 0.423 e. The molecule has 4 aromatic carbocycles. The first-order valence-electron chi connectivity index (χ1n) is 18.5. The SMILES string of the molecule is Cc1cc(C2=C(C(=O)N3CCN(Cc4ccc(CCOc5ccc(F)cc5)cc4)CC3)OC(=O)C(=O)OC2)cc(Cl)c1Oc1ccc(OCc2ccccc2Cl)cn1. The number of carbonyl (C=O) groups is 3. The van der Waals surface area contributed by atoms with Crippen LogP contribution in [0.15, 0.2) is 109 Å². The monoisotopic (exact) mass is 825 g/mol. The van der Waals surface area contributed by atoms with E-state index in [1.54, 1.807) is 54.3 Å². The van der Waals surface area contributed by atoms with E-state index in [4.69, 9.17) is 46.9 Å². The normalized spacial score (nSPS) is 14.7. The minimum Gasteiger partial charge on any atom is -0.493 e. The Morgan fingerprint density at radius 3 is 2.26 bits per heavy atom. The average Bonchev–Trinajstić information content (AvgIpc) is 3.38. The second-order valence-corrected chi connectivity index (χ2v) is 14.4. The zero-order chi connectivity index (χ0) is 40.6. The molecule has 1 aromatic heterocycles. The molecule has 2 aliphatic heterocycles. The fraction of sp³-hybridized carbons (Fsp3) is 0.227. The van der Waals surface area contributed by atoms with E-state index in [0.717, 1.165) is 16.7 Å². The molecule has 14 heteroatoms. The summed E-state index contributed by atoms with van der Waals surface area (Å²) >= 11 is 13.0. The fourth-order valence-corrected chi connectivity index (χ4v) is 6.91. The Morgan fingerprint density at radius 1 is 0.828 bits per heavy atom. The molecule has 298 valence electrons. The van der Waals surface area contributed by atoms with Gasteiger partial charge in [-0.3, -0.25) is 9.69 Å². The number of nitrogens with zero attached hydrogens (tertiary/aromatic N) is 3. The molecule has 0 bridgehead atoms. The number of halogens is 3. The Hall–Kier alpha value is -5.95. The van der Waals surface area contributed by atoms with Gasteiger partial charge in [-0.15, -0.1) is 0 Å². The van der Waals surface area contributed by atoms with E-state index in [1.807, 2.05) is 18.2 Å². The number of rotatable bonds is 13. The predicted octanol–water partition coefficient (Wildman–Crippen LogP) is 7.98. The average molecular weight is 827 g/mol. The minimum atomic E-state index is -1.28. The number of ether oxygens (including phenoxy) is 5. The van der Waals surface area contributed by atoms with Crippen molar-refractivity contribution in [3.8, 4) is 23.1 Å². The molecule has 7 rings (SSSR count). The smallest absolute Gasteiger partial charge is 0.423 e. The van der Waals surface area contributed by atoms with Crippen LogP contribution in [0.5, 0.6) is 23.1 Å². The summed E-state index contributed by atoms with van der Waals surface area (Å²) in [6, 6.07) is 28.2. The molecule has 0 atom stereocenters. The number of esters is 2. The highest BCUT2D eigenvalue weighted by molar-refractivity contribution is 6.33. The number of piperazine rings is 1. The molecule has 0 N–H and O–H groups in total. The summed E-state index contributed by atoms with van der Waals surface area (Å²) in [4.78, 5) is 47.0. The van der Waals surface area contributed by atoms with Crippen LogP contribution in [0.3, 0.4) is 0 Å². The van der Waals surface area contributed by atoms with E-state index >= 15 is 0 Å². The Kier molecular flexibility index (Phi) is 12.9. The molecule has 3 heterocycles. The molecule has 1 amide bonds. The topological polar surface area (TPSA) is 117 Å². The van der Waals surface area contributed by atoms with Crippen LogP contribution in [-0.2, 0) is 43.4 Å². The van der Waals surface area contributed by atoms with E-state index in [1.165, 1.54) is 18.3 Å². The third-order valence-corrected chi connectivity index (χ3v) is 10.2. The van der Waals surface area contributed by atoms with Gasteiger partial charge in [-0.1, -0.05) is 65.7 Å². The van der Waals surface area contributed by atoms with E-state index < -0.39 is 17.8 Å². The molecular formula is C44H38Cl2FN3O8. The van der Waals surface area contributed by atoms with Crippen LogP contribution in [0.4, 0.5) is 4.39 Å². The Labute approximate surface area is 344 Å². The van der Waals surface area contributed by atoms with Crippen molar-refractivity contribution in [3.05, 3.63) is 153 Å². The summed E-state index contributed by atoms with van der Waals surface area (Å²) in [5.74, 6) is -1.90. The van der Waals surface area contributed by atoms with Crippen molar-refractivity contribution in [2.24, 2.45) is 0 Å². The van der Waals surface area contributed by atoms with E-state index in [9.17, 15) is 18.8 Å². The van der Waals surface area contributed by atoms with Crippen molar-refractivity contribution in [1.82, 2.24) is 14.8 Å². The molecule has 1 saturated heterocycles. The maximum absolute atomic E-state index is 14.0. The molecular weight excluding hydrogens is 788 g/mol. The number of benzene rings is 4. The molecule has 11 nitrogen and oxygen atoms in total. The summed E-state index contributed by atoms with van der Waals surface area (Å²) in [5, 5.41) is 0.798. The van der Waals surface area contributed by atoms with E-state index in [2.05, 4.69) is 34.1 Å². The number of aromatic nitrogens is 1. The van der Waals surface area contributed by atoms with Gasteiger partial charge in [0, 0.05) is 61.4 Å². The van der Waals surface area contributed by atoms with Crippen LogP contribution in [0.2, 0.25) is 10.0 Å². The highest BCUT2D eigenvalue weighted by atomic mass is 35.5. The fourth-order valence-electron chi connectivity index (χ4n) is 6.41. The zero-order valence-corrected chi connectivity index (χ0v) is 32.9. The van der Waals surface area contributed by atoms with Gasteiger partial charge in [0.15, 0.2) is 5.75 Å². The third-order valence-electron chi connectivity index (χ3n) is 9.58. The van der Waals surface area contributed by atoms with Gasteiger partial charge in [-0.2, -0.15) is 0 Å². The lowest BCUT2D eigenvalue weighted by Crippen LogP contribution is -2.49. The second kappa shape index (κ2) is 18.5. The summed E-state index contributed by atoms with van der Waals surface area (Å²) < 4.78 is 41.3. The van der Waals surface area contributed by atoms with Crippen LogP contribution in [0.1, 0.15) is 27.8 Å². The number of amides is 1. The van der Waals surface area contributed by atoms with E-state index in [-0.39, 0.29) is 41.3 Å². The second-order valence-electron chi connectivity index (χ2n) is 13.6. The Bertz CT molecular complexity index is 2290. The third kappa shape index (κ3) is 10.1. The number of hydrogen-bond donors (Lipinski definition) is 0. The predicted molar refractivity (Wildman–Crippen MR) is 214 cm³/mol. The molecule has 1 fully saturated rings. The molecule has 58 heavy (non-hydrogen) atoms. The van der Waals surface area contributed by atoms with Crippen LogP contribution >= 0.6 is 23.2 Å². The Morgan fingerprint density at radius 2 is 1.55 bits per heavy atom. The van der Waals surface area contributed by atoms with Gasteiger partial charge >= 0.3 is 11.9 Å². The van der Waals surface area contributed by atoms with Gasteiger partial charge in [0.05, 0.1) is 17.8 Å². The van der Waals surface area contributed by atoms with Crippen molar-refractivity contribution in [2.45, 2.75) is 26.5 Å². The van der Waals surface area contributed by atoms with Crippen molar-refractivity contribution in [3.63, 3.8) is 0 Å². The number of aryl methyl sites for hydroxylation is 1. The highest BCUT2D eigenvalue weighted by Crippen LogP contribution is 2.37. The van der Waals surface area contributed by atoms with Gasteiger partial charge in [0.1, 0.15) is 30.5 Å². The first kappa shape index (κ1) is 40.3. The zero-order valence-electron chi connectivity index (χ0n) is 31.4. The van der Waals surface area contributed by atoms with Gasteiger partial charge in [0.25, 0.3) is 5.91 Å². The summed E-state index contributed by atoms with van der Waals surface area (Å²) in [6.45, 7) is 4.68. The van der Waals surface area contributed by atoms with Crippen LogP contribution in [-0.4, -0.2) is 72.0 Å². The number of pyridine rings is 1. The van der Waals surface area contributed by atoms with Crippen molar-refractivity contribution in [1.29, 1.82) is 0 Å². The lowest BCUT2D eigenvalue weighted by atomic mass is 10.0. The first-order valence-corrected chi connectivity index (χ1v) is 19.3. The van der Waals surface area contributed by atoms with Crippen LogP contribution < -0.4 is 14.2 Å². The van der Waals surface area contributed by atoms with Gasteiger partial charge in [-0.05, 0) is 77.7 Å². The van der Waals surface area contributed by atoms with E-state index in [0.29, 0.717) is 79.1 Å².